The Morgan fingerprint density at radius 1 is 1.83 bits per heavy atom. The molecular weight excluding hydrogens is 85.0 g/mol. The predicted molar refractivity (Wildman–Crippen MR) is 20.2 cm³/mol. The van der Waals surface area contributed by atoms with Crippen LogP contribution >= 0.6 is 0 Å². The molecule has 0 aromatic carbocycles. The second-order valence-electron chi connectivity index (χ2n) is 0.779. The molecule has 0 aromatic heterocycles. The van der Waals surface area contributed by atoms with Gasteiger partial charge < -0.3 is 15.3 Å². The van der Waals surface area contributed by atoms with Gasteiger partial charge in [0.25, 0.3) is 0 Å². The van der Waals surface area contributed by atoms with Crippen LogP contribution < -0.4 is 0 Å². The van der Waals surface area contributed by atoms with Gasteiger partial charge in [-0.05, 0) is 0 Å². The van der Waals surface area contributed by atoms with Crippen molar-refractivity contribution in [3.8, 4) is 0 Å². The smallest absolute Gasteiger partial charge is 0.100 e. The summed E-state index contributed by atoms with van der Waals surface area (Å²) < 4.78 is 12.8. The normalized spacial score (nSPS) is 29.8. The molecule has 0 fully saturated rings. The lowest BCUT2D eigenvalue weighted by molar-refractivity contribution is 0.0450. The summed E-state index contributed by atoms with van der Waals surface area (Å²) in [6.07, 6.45) is -2.43. The Morgan fingerprint density at radius 2 is 2.33 bits per heavy atom. The lowest BCUT2D eigenvalue weighted by Gasteiger charge is -1.96. The number of hydrogen-bond acceptors (Lipinski definition) is 3. The molecule has 0 radical (unpaired) electrons. The monoisotopic (exact) mass is 95.1 g/mol. The summed E-state index contributed by atoms with van der Waals surface area (Å²) in [5.41, 5.74) is 0. The van der Waals surface area contributed by atoms with Gasteiger partial charge in [0.1, 0.15) is 6.08 Å². The average Bonchev–Trinajstić information content (AvgIpc) is 1.67. The lowest BCUT2D eigenvalue weighted by atomic mass is 10.6. The molecule has 0 aliphatic rings. The van der Waals surface area contributed by atoms with Crippen molar-refractivity contribution in [2.24, 2.45) is 0 Å². The molecule has 3 nitrogen and oxygen atoms in total. The van der Waals surface area contributed by atoms with E-state index in [1.165, 1.54) is 0 Å². The molecule has 38 valence electrons. The first-order valence-corrected chi connectivity index (χ1v) is 1.44. The molecule has 0 heterocycles. The molecule has 3 N–H and O–H groups in total. The van der Waals surface area contributed by atoms with Crippen LogP contribution in [0.15, 0.2) is 0 Å². The molecule has 1 unspecified atom stereocenters. The van der Waals surface area contributed by atoms with Crippen molar-refractivity contribution in [3.63, 3.8) is 0 Å². The van der Waals surface area contributed by atoms with Gasteiger partial charge in [0.15, 0.2) is 0 Å². The minimum atomic E-state index is -2.43. The summed E-state index contributed by atoms with van der Waals surface area (Å²) >= 11 is 0. The summed E-state index contributed by atoms with van der Waals surface area (Å²) in [6, 6.07) is 0. The Balaban J connectivity index is 3.71. The van der Waals surface area contributed by atoms with E-state index in [1.54, 1.807) is 0 Å². The standard InChI is InChI=1S/C3H8O3/c4-1-3(6)2-5/h3-6H,1-2H2/i1+1D,3D/t1?,3-/m0/s1. The van der Waals surface area contributed by atoms with Crippen LogP contribution in [-0.4, -0.2) is 34.6 Å². The van der Waals surface area contributed by atoms with Crippen LogP contribution in [0.3, 0.4) is 0 Å². The molecule has 0 amide bonds. The minimum absolute atomic E-state index is 0.933. The first kappa shape index (κ1) is 2.96. The highest BCUT2D eigenvalue weighted by atomic mass is 16.4. The van der Waals surface area contributed by atoms with Crippen molar-refractivity contribution in [1.29, 1.82) is 0 Å². The van der Waals surface area contributed by atoms with Crippen molar-refractivity contribution in [1.82, 2.24) is 0 Å². The summed E-state index contributed by atoms with van der Waals surface area (Å²) in [5, 5.41) is 24.6. The zero-order valence-electron chi connectivity index (χ0n) is 5.13. The van der Waals surface area contributed by atoms with Gasteiger partial charge in [0.05, 0.1) is 15.9 Å². The lowest BCUT2D eigenvalue weighted by Crippen LogP contribution is -2.15. The van der Waals surface area contributed by atoms with Crippen LogP contribution in [0.5, 0.6) is 0 Å². The van der Waals surface area contributed by atoms with Gasteiger partial charge >= 0.3 is 0 Å². The molecule has 2 atom stereocenters. The van der Waals surface area contributed by atoms with E-state index < -0.39 is 19.3 Å². The highest BCUT2D eigenvalue weighted by Gasteiger charge is 1.93. The molecule has 0 aliphatic heterocycles. The molecular formula is C3H8O3. The van der Waals surface area contributed by atoms with E-state index in [4.69, 9.17) is 18.1 Å². The second kappa shape index (κ2) is 3.08. The van der Waals surface area contributed by atoms with Gasteiger partial charge in [0, 0.05) is 0 Å². The van der Waals surface area contributed by atoms with Crippen LogP contribution in [0.2, 0.25) is 0 Å². The fourth-order valence-electron chi connectivity index (χ4n) is 0.0408. The van der Waals surface area contributed by atoms with Crippen molar-refractivity contribution >= 4 is 0 Å². The number of aliphatic hydroxyl groups is 3. The van der Waals surface area contributed by atoms with Gasteiger partial charge in [-0.15, -0.1) is 0 Å². The van der Waals surface area contributed by atoms with E-state index in [0.29, 0.717) is 0 Å². The Hall–Kier alpha value is -0.120. The van der Waals surface area contributed by atoms with Crippen LogP contribution in [0.4, 0.5) is 0 Å². The molecule has 0 aliphatic carbocycles. The zero-order chi connectivity index (χ0) is 6.78. The Labute approximate surface area is 38.7 Å². The van der Waals surface area contributed by atoms with Gasteiger partial charge in [-0.25, -0.2) is 0 Å². The third-order valence-electron chi connectivity index (χ3n) is 0.311. The highest BCUT2D eigenvalue weighted by Crippen LogP contribution is 1.71. The fourth-order valence-corrected chi connectivity index (χ4v) is 0.0408. The van der Waals surface area contributed by atoms with Crippen molar-refractivity contribution < 1.29 is 18.1 Å². The topological polar surface area (TPSA) is 60.7 Å². The Bertz CT molecular complexity index is 72.9. The van der Waals surface area contributed by atoms with E-state index in [2.05, 4.69) is 0 Å². The van der Waals surface area contributed by atoms with Crippen LogP contribution in [-0.2, 0) is 0 Å². The average molecular weight is 95.1 g/mol. The van der Waals surface area contributed by atoms with Gasteiger partial charge in [-0.3, -0.25) is 0 Å². The van der Waals surface area contributed by atoms with Gasteiger partial charge in [-0.1, -0.05) is 0 Å². The van der Waals surface area contributed by atoms with Crippen LogP contribution in [0, 0.1) is 0 Å². The SMILES string of the molecule is [2H][13CH](O)[C@]([2H])(O)CO. The maximum absolute atomic E-state index is 8.38. The third kappa shape index (κ3) is 2.14. The Morgan fingerprint density at radius 3 is 2.33 bits per heavy atom. The molecule has 0 spiro atoms. The van der Waals surface area contributed by atoms with E-state index in [0.717, 1.165) is 0 Å². The summed E-state index contributed by atoms with van der Waals surface area (Å²) in [7, 11) is 0. The highest BCUT2D eigenvalue weighted by molar-refractivity contribution is 4.43. The predicted octanol–water partition coefficient (Wildman–Crippen LogP) is -1.67. The first-order valence-electron chi connectivity index (χ1n) is 2.52. The van der Waals surface area contributed by atoms with E-state index in [-0.39, 0.29) is 0 Å². The van der Waals surface area contributed by atoms with E-state index in [1.807, 2.05) is 0 Å². The number of hydrogen-bond donors (Lipinski definition) is 3. The molecule has 0 rings (SSSR count). The van der Waals surface area contributed by atoms with E-state index in [9.17, 15) is 0 Å². The molecule has 6 heavy (non-hydrogen) atoms. The largest absolute Gasteiger partial charge is 0.394 e. The first-order chi connectivity index (χ1) is 3.50. The molecule has 0 aromatic rings. The molecule has 0 saturated carbocycles. The van der Waals surface area contributed by atoms with E-state index >= 15 is 0 Å². The Kier molecular flexibility index (Phi) is 1.52. The maximum atomic E-state index is 8.38. The molecule has 3 heteroatoms. The summed E-state index contributed by atoms with van der Waals surface area (Å²) in [6.45, 7) is -2.90. The zero-order valence-corrected chi connectivity index (χ0v) is 3.13. The van der Waals surface area contributed by atoms with Gasteiger partial charge in [0.2, 0.25) is 0 Å². The quantitative estimate of drug-likeness (QED) is 0.359. The third-order valence-corrected chi connectivity index (χ3v) is 0.311. The van der Waals surface area contributed by atoms with Crippen LogP contribution in [0.25, 0.3) is 0 Å². The van der Waals surface area contributed by atoms with Crippen molar-refractivity contribution in [3.05, 3.63) is 0 Å². The molecule has 0 bridgehead atoms. The summed E-state index contributed by atoms with van der Waals surface area (Å²) in [5.74, 6) is 0. The fraction of sp³-hybridized carbons (Fsp3) is 1.00. The van der Waals surface area contributed by atoms with Crippen molar-refractivity contribution in [2.75, 3.05) is 13.2 Å². The maximum Gasteiger partial charge on any atom is 0.100 e. The summed E-state index contributed by atoms with van der Waals surface area (Å²) in [4.78, 5) is 0. The minimum Gasteiger partial charge on any atom is -0.394 e. The number of rotatable bonds is 2. The van der Waals surface area contributed by atoms with Crippen molar-refractivity contribution in [2.45, 2.75) is 6.08 Å². The van der Waals surface area contributed by atoms with Gasteiger partial charge in [-0.2, -0.15) is 0 Å². The molecule has 0 saturated heterocycles. The van der Waals surface area contributed by atoms with Crippen LogP contribution in [0.1, 0.15) is 2.74 Å². The number of aliphatic hydroxyl groups excluding tert-OH is 2. The second-order valence-corrected chi connectivity index (χ2v) is 0.779.